The summed E-state index contributed by atoms with van der Waals surface area (Å²) in [4.78, 5) is 26.6. The van der Waals surface area contributed by atoms with Gasteiger partial charge in [0.1, 0.15) is 5.75 Å². The lowest BCUT2D eigenvalue weighted by Gasteiger charge is -2.34. The molecule has 2 aliphatic heterocycles. The molecule has 8 nitrogen and oxygen atoms in total. The van der Waals surface area contributed by atoms with E-state index >= 15 is 0 Å². The molecule has 1 N–H and O–H groups in total. The number of piperidine rings is 1. The number of fused-ring (bicyclic) bond motifs is 1. The number of carbonyl (C=O) groups excluding carboxylic acids is 2. The summed E-state index contributed by atoms with van der Waals surface area (Å²) in [7, 11) is -3.75. The van der Waals surface area contributed by atoms with E-state index in [4.69, 9.17) is 4.74 Å². The molecule has 0 atom stereocenters. The van der Waals surface area contributed by atoms with Crippen molar-refractivity contribution in [2.75, 3.05) is 31.6 Å². The van der Waals surface area contributed by atoms with Gasteiger partial charge in [0.2, 0.25) is 15.9 Å². The van der Waals surface area contributed by atoms with Gasteiger partial charge in [0.15, 0.2) is 6.61 Å². The number of ether oxygens (including phenoxy) is 1. The first-order chi connectivity index (χ1) is 15.8. The van der Waals surface area contributed by atoms with Crippen LogP contribution in [0.15, 0.2) is 47.4 Å². The number of benzene rings is 2. The molecule has 176 valence electrons. The minimum Gasteiger partial charge on any atom is -0.482 e. The molecule has 33 heavy (non-hydrogen) atoms. The third kappa shape index (κ3) is 4.89. The van der Waals surface area contributed by atoms with Crippen LogP contribution in [0.5, 0.6) is 5.75 Å². The molecule has 1 saturated heterocycles. The maximum absolute atomic E-state index is 13.4. The molecule has 0 unspecified atom stereocenters. The van der Waals surface area contributed by atoms with Gasteiger partial charge in [-0.15, -0.1) is 0 Å². The van der Waals surface area contributed by atoms with Crippen LogP contribution in [0, 0.1) is 12.8 Å². The van der Waals surface area contributed by atoms with E-state index in [1.54, 1.807) is 13.0 Å². The predicted octanol–water partition coefficient (Wildman–Crippen LogP) is 2.78. The van der Waals surface area contributed by atoms with Gasteiger partial charge in [0.25, 0.3) is 5.91 Å². The molecule has 0 saturated carbocycles. The zero-order chi connectivity index (χ0) is 23.6. The summed E-state index contributed by atoms with van der Waals surface area (Å²) in [6.45, 7) is 5.26. The molecule has 2 aliphatic rings. The quantitative estimate of drug-likeness (QED) is 0.699. The molecule has 9 heteroatoms. The molecule has 2 heterocycles. The first-order valence-corrected chi connectivity index (χ1v) is 12.6. The highest BCUT2D eigenvalue weighted by molar-refractivity contribution is 7.89. The molecular weight excluding hydrogens is 442 g/mol. The highest BCUT2D eigenvalue weighted by Gasteiger charge is 2.35. The van der Waals surface area contributed by atoms with Crippen LogP contribution in [0.1, 0.15) is 30.9 Å². The SMILES string of the molecule is CCN(Cc1ccccc1)C(=O)C1CCN(S(=O)(=O)c2cc3c(cc2C)NC(=O)CO3)CC1. The van der Waals surface area contributed by atoms with Crippen molar-refractivity contribution in [2.45, 2.75) is 38.1 Å². The average Bonchev–Trinajstić information content (AvgIpc) is 2.82. The summed E-state index contributed by atoms with van der Waals surface area (Å²) in [5.41, 5.74) is 2.09. The molecule has 2 aromatic carbocycles. The molecule has 0 radical (unpaired) electrons. The Morgan fingerprint density at radius 1 is 1.18 bits per heavy atom. The number of carbonyl (C=O) groups is 2. The van der Waals surface area contributed by atoms with Crippen LogP contribution in [-0.2, 0) is 26.2 Å². The lowest BCUT2D eigenvalue weighted by atomic mass is 9.96. The lowest BCUT2D eigenvalue weighted by molar-refractivity contribution is -0.137. The monoisotopic (exact) mass is 471 g/mol. The van der Waals surface area contributed by atoms with E-state index in [0.717, 1.165) is 5.56 Å². The molecule has 0 bridgehead atoms. The van der Waals surface area contributed by atoms with Crippen LogP contribution >= 0.6 is 0 Å². The Labute approximate surface area is 194 Å². The Morgan fingerprint density at radius 3 is 2.55 bits per heavy atom. The number of aryl methyl sites for hydroxylation is 1. The van der Waals surface area contributed by atoms with Crippen molar-refractivity contribution in [1.29, 1.82) is 0 Å². The van der Waals surface area contributed by atoms with Crippen LogP contribution in [0.3, 0.4) is 0 Å². The summed E-state index contributed by atoms with van der Waals surface area (Å²) in [6, 6.07) is 13.0. The van der Waals surface area contributed by atoms with Crippen LogP contribution in [0.4, 0.5) is 5.69 Å². The molecular formula is C24H29N3O5S. The predicted molar refractivity (Wildman–Crippen MR) is 124 cm³/mol. The van der Waals surface area contributed by atoms with Crippen LogP contribution in [0.2, 0.25) is 0 Å². The first-order valence-electron chi connectivity index (χ1n) is 11.2. The number of hydrogen-bond acceptors (Lipinski definition) is 5. The minimum absolute atomic E-state index is 0.0764. The highest BCUT2D eigenvalue weighted by atomic mass is 32.2. The van der Waals surface area contributed by atoms with Gasteiger partial charge in [0.05, 0.1) is 10.6 Å². The van der Waals surface area contributed by atoms with Crippen molar-refractivity contribution >= 4 is 27.5 Å². The zero-order valence-corrected chi connectivity index (χ0v) is 19.7. The van der Waals surface area contributed by atoms with Crippen LogP contribution in [-0.4, -0.2) is 55.7 Å². The molecule has 0 spiro atoms. The van der Waals surface area contributed by atoms with E-state index in [1.165, 1.54) is 10.4 Å². The molecule has 2 aromatic rings. The van der Waals surface area contributed by atoms with Crippen molar-refractivity contribution < 1.29 is 22.7 Å². The third-order valence-corrected chi connectivity index (χ3v) is 8.28. The summed E-state index contributed by atoms with van der Waals surface area (Å²) in [5.74, 6) is -0.0308. The molecule has 0 aliphatic carbocycles. The lowest BCUT2D eigenvalue weighted by Crippen LogP contribution is -2.44. The van der Waals surface area contributed by atoms with E-state index in [0.29, 0.717) is 42.9 Å². The molecule has 0 aromatic heterocycles. The molecule has 1 fully saturated rings. The van der Waals surface area contributed by atoms with Crippen LogP contribution in [0.25, 0.3) is 0 Å². The standard InChI is InChI=1S/C24H29N3O5S/c1-3-26(15-18-7-5-4-6-8-18)24(29)19-9-11-27(12-10-19)33(30,31)22-14-21-20(13-17(22)2)25-23(28)16-32-21/h4-8,13-14,19H,3,9-12,15-16H2,1-2H3,(H,25,28). The summed E-state index contributed by atoms with van der Waals surface area (Å²) >= 11 is 0. The van der Waals surface area contributed by atoms with Gasteiger partial charge in [-0.3, -0.25) is 9.59 Å². The Morgan fingerprint density at radius 2 is 1.88 bits per heavy atom. The van der Waals surface area contributed by atoms with Gasteiger partial charge in [-0.05, 0) is 43.9 Å². The fourth-order valence-corrected chi connectivity index (χ4v) is 6.08. The van der Waals surface area contributed by atoms with E-state index < -0.39 is 10.0 Å². The fourth-order valence-electron chi connectivity index (χ4n) is 4.38. The molecule has 4 rings (SSSR count). The average molecular weight is 472 g/mol. The summed E-state index contributed by atoms with van der Waals surface area (Å²) in [5, 5.41) is 2.70. The third-order valence-electron chi connectivity index (χ3n) is 6.24. The maximum Gasteiger partial charge on any atom is 0.262 e. The number of nitrogens with zero attached hydrogens (tertiary/aromatic N) is 2. The van der Waals surface area contributed by atoms with E-state index in [1.807, 2.05) is 42.2 Å². The van der Waals surface area contributed by atoms with Gasteiger partial charge in [-0.25, -0.2) is 8.42 Å². The Bertz CT molecular complexity index is 1140. The fraction of sp³-hybridized carbons (Fsp3) is 0.417. The second-order valence-corrected chi connectivity index (χ2v) is 10.4. The smallest absolute Gasteiger partial charge is 0.262 e. The minimum atomic E-state index is -3.75. The Hall–Kier alpha value is -2.91. The van der Waals surface area contributed by atoms with Crippen molar-refractivity contribution in [3.05, 3.63) is 53.6 Å². The maximum atomic E-state index is 13.4. The first kappa shape index (κ1) is 23.3. The van der Waals surface area contributed by atoms with Gasteiger partial charge in [-0.2, -0.15) is 4.31 Å². The number of anilines is 1. The normalized spacial score (nSPS) is 17.1. The van der Waals surface area contributed by atoms with Crippen molar-refractivity contribution in [1.82, 2.24) is 9.21 Å². The second kappa shape index (κ2) is 9.52. The van der Waals surface area contributed by atoms with Crippen molar-refractivity contribution in [2.24, 2.45) is 5.92 Å². The highest BCUT2D eigenvalue weighted by Crippen LogP contribution is 2.35. The number of nitrogens with one attached hydrogen (secondary N) is 1. The largest absolute Gasteiger partial charge is 0.482 e. The Kier molecular flexibility index (Phi) is 6.71. The number of sulfonamides is 1. The van der Waals surface area contributed by atoms with E-state index in [-0.39, 0.29) is 42.3 Å². The number of amides is 2. The topological polar surface area (TPSA) is 96.0 Å². The van der Waals surface area contributed by atoms with Crippen LogP contribution < -0.4 is 10.1 Å². The number of hydrogen-bond donors (Lipinski definition) is 1. The van der Waals surface area contributed by atoms with E-state index in [9.17, 15) is 18.0 Å². The van der Waals surface area contributed by atoms with Gasteiger partial charge in [-0.1, -0.05) is 30.3 Å². The van der Waals surface area contributed by atoms with Crippen molar-refractivity contribution in [3.8, 4) is 5.75 Å². The summed E-state index contributed by atoms with van der Waals surface area (Å²) < 4.78 is 33.6. The van der Waals surface area contributed by atoms with Crippen molar-refractivity contribution in [3.63, 3.8) is 0 Å². The number of rotatable bonds is 6. The summed E-state index contributed by atoms with van der Waals surface area (Å²) in [6.07, 6.45) is 0.972. The van der Waals surface area contributed by atoms with Gasteiger partial charge >= 0.3 is 0 Å². The zero-order valence-electron chi connectivity index (χ0n) is 18.9. The molecule has 2 amide bonds. The van der Waals surface area contributed by atoms with Gasteiger partial charge < -0.3 is 15.0 Å². The van der Waals surface area contributed by atoms with E-state index in [2.05, 4.69) is 5.32 Å². The second-order valence-electron chi connectivity index (χ2n) is 8.47. The van der Waals surface area contributed by atoms with Gasteiger partial charge in [0, 0.05) is 38.2 Å². The Balaban J connectivity index is 1.44.